The highest BCUT2D eigenvalue weighted by Gasteiger charge is 2.45. The number of benzene rings is 1. The van der Waals surface area contributed by atoms with Crippen molar-refractivity contribution in [3.63, 3.8) is 0 Å². The normalized spacial score (nSPS) is 19.1. The summed E-state index contributed by atoms with van der Waals surface area (Å²) < 4.78 is 4.12. The van der Waals surface area contributed by atoms with E-state index in [1.165, 1.54) is 22.2 Å². The number of imidazole rings is 1. The molecule has 0 aliphatic heterocycles. The second-order valence-corrected chi connectivity index (χ2v) is 7.82. The lowest BCUT2D eigenvalue weighted by Gasteiger charge is -2.01. The standard InChI is InChI=1S/C22H20N6/c1-12-11-23-13(2)21-25-20(26-28(12)21)18-10-17(18)19-14(3)27-9-8-15-6-4-5-7-16(15)22(27)24-19/h4-9,11,17-18H,10H2,1-3H3/t17-,18-/m0/s1. The van der Waals surface area contributed by atoms with E-state index in [1.807, 2.05) is 24.6 Å². The third kappa shape index (κ3) is 2.08. The largest absolute Gasteiger partial charge is 0.304 e. The minimum Gasteiger partial charge on any atom is -0.304 e. The number of hydrogen-bond acceptors (Lipinski definition) is 4. The van der Waals surface area contributed by atoms with Gasteiger partial charge in [-0.2, -0.15) is 5.10 Å². The summed E-state index contributed by atoms with van der Waals surface area (Å²) in [6.45, 7) is 6.16. The van der Waals surface area contributed by atoms with Crippen molar-refractivity contribution in [2.24, 2.45) is 0 Å². The summed E-state index contributed by atoms with van der Waals surface area (Å²) in [7, 11) is 0. The van der Waals surface area contributed by atoms with Crippen LogP contribution in [0.2, 0.25) is 0 Å². The average molecular weight is 368 g/mol. The predicted molar refractivity (Wildman–Crippen MR) is 108 cm³/mol. The number of nitrogens with zero attached hydrogens (tertiary/aromatic N) is 6. The van der Waals surface area contributed by atoms with Crippen molar-refractivity contribution in [2.75, 3.05) is 0 Å². The lowest BCUT2D eigenvalue weighted by Crippen LogP contribution is -1.97. The van der Waals surface area contributed by atoms with E-state index >= 15 is 0 Å². The fraction of sp³-hybridized carbons (Fsp3) is 0.273. The van der Waals surface area contributed by atoms with Crippen molar-refractivity contribution in [1.82, 2.24) is 29.0 Å². The van der Waals surface area contributed by atoms with E-state index in [0.717, 1.165) is 34.9 Å². The maximum Gasteiger partial charge on any atom is 0.177 e. The molecule has 1 aliphatic rings. The highest BCUT2D eigenvalue weighted by molar-refractivity contribution is 5.94. The van der Waals surface area contributed by atoms with Gasteiger partial charge in [-0.3, -0.25) is 4.98 Å². The van der Waals surface area contributed by atoms with Gasteiger partial charge in [0.2, 0.25) is 0 Å². The Labute approximate surface area is 161 Å². The Hall–Kier alpha value is -3.28. The fourth-order valence-corrected chi connectivity index (χ4v) is 4.31. The highest BCUT2D eigenvalue weighted by Crippen LogP contribution is 2.54. The molecule has 28 heavy (non-hydrogen) atoms. The first kappa shape index (κ1) is 15.7. The van der Waals surface area contributed by atoms with Gasteiger partial charge in [0.1, 0.15) is 5.65 Å². The average Bonchev–Trinajstić information content (AvgIpc) is 3.23. The molecule has 4 heterocycles. The molecule has 138 valence electrons. The molecule has 2 atom stereocenters. The molecular formula is C22H20N6. The summed E-state index contributed by atoms with van der Waals surface area (Å²) in [6.07, 6.45) is 5.02. The van der Waals surface area contributed by atoms with E-state index < -0.39 is 0 Å². The van der Waals surface area contributed by atoms with Crippen LogP contribution in [0.25, 0.3) is 22.1 Å². The summed E-state index contributed by atoms with van der Waals surface area (Å²) in [5, 5.41) is 7.19. The van der Waals surface area contributed by atoms with Crippen molar-refractivity contribution in [3.8, 4) is 0 Å². The quantitative estimate of drug-likeness (QED) is 0.470. The van der Waals surface area contributed by atoms with Crippen LogP contribution in [0.15, 0.2) is 42.7 Å². The number of hydrogen-bond donors (Lipinski definition) is 0. The van der Waals surface area contributed by atoms with Gasteiger partial charge in [0.25, 0.3) is 0 Å². The van der Waals surface area contributed by atoms with Crippen molar-refractivity contribution in [2.45, 2.75) is 39.0 Å². The van der Waals surface area contributed by atoms with E-state index in [2.05, 4.69) is 52.8 Å². The Morgan fingerprint density at radius 3 is 2.68 bits per heavy atom. The molecule has 6 rings (SSSR count). The first-order valence-corrected chi connectivity index (χ1v) is 9.67. The minimum absolute atomic E-state index is 0.327. The Kier molecular flexibility index (Phi) is 3.02. The van der Waals surface area contributed by atoms with Gasteiger partial charge in [0, 0.05) is 35.3 Å². The summed E-state index contributed by atoms with van der Waals surface area (Å²) in [6, 6.07) is 10.6. The van der Waals surface area contributed by atoms with Gasteiger partial charge in [0.05, 0.1) is 17.1 Å². The summed E-state index contributed by atoms with van der Waals surface area (Å²) in [5.41, 5.74) is 6.20. The Balaban J connectivity index is 1.44. The SMILES string of the molecule is Cc1ncc(C)n2nc([C@H]3C[C@@H]3c3nc4c5ccccc5ccn4c3C)nc12. The van der Waals surface area contributed by atoms with Gasteiger partial charge >= 0.3 is 0 Å². The van der Waals surface area contributed by atoms with Gasteiger partial charge in [-0.1, -0.05) is 24.3 Å². The Morgan fingerprint density at radius 1 is 0.964 bits per heavy atom. The van der Waals surface area contributed by atoms with Crippen LogP contribution in [0.3, 0.4) is 0 Å². The van der Waals surface area contributed by atoms with Crippen LogP contribution >= 0.6 is 0 Å². The molecule has 1 aromatic carbocycles. The van der Waals surface area contributed by atoms with E-state index in [0.29, 0.717) is 11.8 Å². The molecule has 6 nitrogen and oxygen atoms in total. The van der Waals surface area contributed by atoms with Gasteiger partial charge in [-0.05, 0) is 38.6 Å². The first-order chi connectivity index (χ1) is 13.6. The molecule has 0 radical (unpaired) electrons. The van der Waals surface area contributed by atoms with Gasteiger partial charge in [-0.25, -0.2) is 14.5 Å². The van der Waals surface area contributed by atoms with E-state index in [1.54, 1.807) is 0 Å². The zero-order valence-corrected chi connectivity index (χ0v) is 16.1. The molecule has 0 bridgehead atoms. The predicted octanol–water partition coefficient (Wildman–Crippen LogP) is 4.12. The lowest BCUT2D eigenvalue weighted by atomic mass is 10.2. The maximum atomic E-state index is 5.06. The topological polar surface area (TPSA) is 60.4 Å². The molecule has 4 aromatic heterocycles. The van der Waals surface area contributed by atoms with Crippen molar-refractivity contribution >= 4 is 22.1 Å². The van der Waals surface area contributed by atoms with Gasteiger partial charge in [0.15, 0.2) is 11.5 Å². The molecule has 1 aliphatic carbocycles. The van der Waals surface area contributed by atoms with Crippen LogP contribution in [-0.4, -0.2) is 29.0 Å². The molecule has 0 unspecified atom stereocenters. The Bertz CT molecular complexity index is 1350. The third-order valence-corrected chi connectivity index (χ3v) is 5.99. The van der Waals surface area contributed by atoms with E-state index in [4.69, 9.17) is 15.1 Å². The van der Waals surface area contributed by atoms with Crippen LogP contribution in [0.5, 0.6) is 0 Å². The molecule has 6 heteroatoms. The summed E-state index contributed by atoms with van der Waals surface area (Å²) >= 11 is 0. The molecule has 0 amide bonds. The van der Waals surface area contributed by atoms with Crippen LogP contribution in [0, 0.1) is 20.8 Å². The third-order valence-electron chi connectivity index (χ3n) is 5.99. The molecular weight excluding hydrogens is 348 g/mol. The van der Waals surface area contributed by atoms with Crippen LogP contribution in [0.4, 0.5) is 0 Å². The Morgan fingerprint density at radius 2 is 1.82 bits per heavy atom. The number of rotatable bonds is 2. The van der Waals surface area contributed by atoms with Crippen molar-refractivity contribution in [1.29, 1.82) is 0 Å². The van der Waals surface area contributed by atoms with Crippen LogP contribution in [0.1, 0.15) is 46.9 Å². The molecule has 1 fully saturated rings. The number of aryl methyl sites for hydroxylation is 3. The summed E-state index contributed by atoms with van der Waals surface area (Å²) in [5.74, 6) is 1.61. The van der Waals surface area contributed by atoms with E-state index in [-0.39, 0.29) is 0 Å². The highest BCUT2D eigenvalue weighted by atomic mass is 15.3. The van der Waals surface area contributed by atoms with Gasteiger partial charge in [-0.15, -0.1) is 0 Å². The van der Waals surface area contributed by atoms with E-state index in [9.17, 15) is 0 Å². The fourth-order valence-electron chi connectivity index (χ4n) is 4.31. The molecule has 0 spiro atoms. The first-order valence-electron chi connectivity index (χ1n) is 9.67. The second-order valence-electron chi connectivity index (χ2n) is 7.82. The number of aromatic nitrogens is 6. The minimum atomic E-state index is 0.327. The smallest absolute Gasteiger partial charge is 0.177 e. The monoisotopic (exact) mass is 368 g/mol. The van der Waals surface area contributed by atoms with Crippen LogP contribution < -0.4 is 0 Å². The molecule has 5 aromatic rings. The number of pyridine rings is 1. The molecule has 1 saturated carbocycles. The second kappa shape index (κ2) is 5.38. The van der Waals surface area contributed by atoms with Gasteiger partial charge < -0.3 is 4.40 Å². The molecule has 0 saturated heterocycles. The van der Waals surface area contributed by atoms with Crippen LogP contribution in [-0.2, 0) is 0 Å². The zero-order chi connectivity index (χ0) is 19.0. The number of fused-ring (bicyclic) bond motifs is 4. The van der Waals surface area contributed by atoms with Crippen molar-refractivity contribution in [3.05, 3.63) is 71.3 Å². The maximum absolute atomic E-state index is 5.06. The summed E-state index contributed by atoms with van der Waals surface area (Å²) in [4.78, 5) is 14.3. The lowest BCUT2D eigenvalue weighted by molar-refractivity contribution is 0.827. The van der Waals surface area contributed by atoms with Crippen molar-refractivity contribution < 1.29 is 0 Å². The zero-order valence-electron chi connectivity index (χ0n) is 16.1. The molecule has 0 N–H and O–H groups in total.